The Morgan fingerprint density at radius 1 is 1.38 bits per heavy atom. The first-order valence-electron chi connectivity index (χ1n) is 2.89. The number of hydrogen-bond donors (Lipinski definition) is 1. The van der Waals surface area contributed by atoms with Crippen LogP contribution in [0.4, 0.5) is 0 Å². The summed E-state index contributed by atoms with van der Waals surface area (Å²) < 4.78 is 0. The van der Waals surface area contributed by atoms with Crippen LogP contribution in [-0.4, -0.2) is 12.1 Å². The molecule has 0 bridgehead atoms. The van der Waals surface area contributed by atoms with Gasteiger partial charge in [0.1, 0.15) is 0 Å². The van der Waals surface area contributed by atoms with Crippen molar-refractivity contribution in [1.82, 2.24) is 5.32 Å². The summed E-state index contributed by atoms with van der Waals surface area (Å²) >= 11 is 0. The smallest absolute Gasteiger partial charge is 0.0660 e. The molecule has 0 amide bonds. The van der Waals surface area contributed by atoms with Crippen molar-refractivity contribution >= 4 is 0 Å². The maximum absolute atomic E-state index is 5.11. The van der Waals surface area contributed by atoms with Crippen LogP contribution in [0, 0.1) is 12.3 Å². The van der Waals surface area contributed by atoms with E-state index in [1.54, 1.807) is 0 Å². The van der Waals surface area contributed by atoms with Crippen molar-refractivity contribution < 1.29 is 0 Å². The van der Waals surface area contributed by atoms with E-state index in [4.69, 9.17) is 6.42 Å². The minimum atomic E-state index is 0.204. The van der Waals surface area contributed by atoms with Crippen molar-refractivity contribution in [2.75, 3.05) is 0 Å². The lowest BCUT2D eigenvalue weighted by molar-refractivity contribution is 0.559. The molecular weight excluding hydrogens is 98.1 g/mol. The van der Waals surface area contributed by atoms with E-state index in [2.05, 4.69) is 25.1 Å². The third-order valence-corrected chi connectivity index (χ3v) is 0.833. The Kier molecular flexibility index (Phi) is 3.30. The first-order chi connectivity index (χ1) is 3.66. The van der Waals surface area contributed by atoms with Crippen LogP contribution in [-0.2, 0) is 0 Å². The van der Waals surface area contributed by atoms with Crippen LogP contribution < -0.4 is 5.32 Å². The Hall–Kier alpha value is -0.480. The van der Waals surface area contributed by atoms with Gasteiger partial charge in [-0.1, -0.05) is 5.92 Å². The number of rotatable bonds is 2. The van der Waals surface area contributed by atoms with Gasteiger partial charge < -0.3 is 5.32 Å². The molecule has 46 valence electrons. The Morgan fingerprint density at radius 3 is 2.00 bits per heavy atom. The summed E-state index contributed by atoms with van der Waals surface area (Å²) in [5, 5.41) is 3.16. The molecule has 0 aromatic heterocycles. The van der Waals surface area contributed by atoms with Gasteiger partial charge in [0.05, 0.1) is 6.04 Å². The van der Waals surface area contributed by atoms with E-state index < -0.39 is 0 Å². The van der Waals surface area contributed by atoms with Crippen molar-refractivity contribution in [3.8, 4) is 12.3 Å². The van der Waals surface area contributed by atoms with Crippen LogP contribution in [0.15, 0.2) is 0 Å². The minimum absolute atomic E-state index is 0.204. The summed E-state index contributed by atoms with van der Waals surface area (Å²) in [7, 11) is 0. The summed E-state index contributed by atoms with van der Waals surface area (Å²) in [6, 6.07) is 0.691. The van der Waals surface area contributed by atoms with Crippen LogP contribution in [0.5, 0.6) is 0 Å². The van der Waals surface area contributed by atoms with Gasteiger partial charge in [0.15, 0.2) is 0 Å². The Labute approximate surface area is 51.5 Å². The Bertz CT molecular complexity index is 89.1. The Morgan fingerprint density at radius 2 is 1.88 bits per heavy atom. The number of nitrogens with one attached hydrogen (secondary N) is 1. The summed E-state index contributed by atoms with van der Waals surface area (Å²) in [5.74, 6) is 2.59. The van der Waals surface area contributed by atoms with E-state index >= 15 is 0 Å². The zero-order chi connectivity index (χ0) is 6.57. The summed E-state index contributed by atoms with van der Waals surface area (Å²) in [5.41, 5.74) is 0. The van der Waals surface area contributed by atoms with Gasteiger partial charge in [-0.15, -0.1) is 6.42 Å². The van der Waals surface area contributed by atoms with Crippen molar-refractivity contribution in [2.24, 2.45) is 0 Å². The van der Waals surface area contributed by atoms with Crippen LogP contribution >= 0.6 is 0 Å². The largest absolute Gasteiger partial charge is 0.302 e. The van der Waals surface area contributed by atoms with Gasteiger partial charge in [-0.05, 0) is 20.8 Å². The van der Waals surface area contributed by atoms with Crippen LogP contribution in [0.25, 0.3) is 0 Å². The fourth-order valence-electron chi connectivity index (χ4n) is 0.548. The molecule has 0 saturated carbocycles. The zero-order valence-electron chi connectivity index (χ0n) is 5.73. The summed E-state index contributed by atoms with van der Waals surface area (Å²) in [4.78, 5) is 0. The minimum Gasteiger partial charge on any atom is -0.302 e. The van der Waals surface area contributed by atoms with Crippen molar-refractivity contribution in [2.45, 2.75) is 32.9 Å². The molecule has 1 atom stereocenters. The molecule has 0 aliphatic heterocycles. The quantitative estimate of drug-likeness (QED) is 0.524. The monoisotopic (exact) mass is 111 g/mol. The molecule has 8 heavy (non-hydrogen) atoms. The topological polar surface area (TPSA) is 12.0 Å². The molecule has 0 aromatic rings. The van der Waals surface area contributed by atoms with E-state index in [-0.39, 0.29) is 6.04 Å². The molecule has 1 heteroatoms. The predicted molar refractivity (Wildman–Crippen MR) is 36.6 cm³/mol. The highest BCUT2D eigenvalue weighted by atomic mass is 14.9. The first kappa shape index (κ1) is 7.52. The molecule has 0 saturated heterocycles. The maximum atomic E-state index is 5.11. The zero-order valence-corrected chi connectivity index (χ0v) is 5.73. The van der Waals surface area contributed by atoms with Crippen LogP contribution in [0.1, 0.15) is 20.8 Å². The number of hydrogen-bond acceptors (Lipinski definition) is 1. The second kappa shape index (κ2) is 3.51. The average molecular weight is 111 g/mol. The normalized spacial score (nSPS) is 13.4. The van der Waals surface area contributed by atoms with Gasteiger partial charge >= 0.3 is 0 Å². The average Bonchev–Trinajstić information content (AvgIpc) is 1.65. The molecular formula is C7H13N. The van der Waals surface area contributed by atoms with Gasteiger partial charge in [-0.3, -0.25) is 0 Å². The van der Waals surface area contributed by atoms with Gasteiger partial charge in [0.2, 0.25) is 0 Å². The van der Waals surface area contributed by atoms with Crippen molar-refractivity contribution in [3.63, 3.8) is 0 Å². The third kappa shape index (κ3) is 3.70. The Balaban J connectivity index is 3.28. The van der Waals surface area contributed by atoms with Gasteiger partial charge in [0, 0.05) is 6.04 Å². The van der Waals surface area contributed by atoms with Crippen LogP contribution in [0.3, 0.4) is 0 Å². The van der Waals surface area contributed by atoms with E-state index in [1.807, 2.05) is 6.92 Å². The van der Waals surface area contributed by atoms with E-state index in [0.29, 0.717) is 6.04 Å². The highest BCUT2D eigenvalue weighted by molar-refractivity contribution is 4.96. The molecule has 0 spiro atoms. The fraction of sp³-hybridized carbons (Fsp3) is 0.714. The highest BCUT2D eigenvalue weighted by Crippen LogP contribution is 1.81. The summed E-state index contributed by atoms with van der Waals surface area (Å²) in [6.45, 7) is 6.13. The molecule has 0 aromatic carbocycles. The number of terminal acetylenes is 1. The lowest BCUT2D eigenvalue weighted by atomic mass is 10.3. The molecule has 1 nitrogen and oxygen atoms in total. The molecule has 0 rings (SSSR count). The highest BCUT2D eigenvalue weighted by Gasteiger charge is 1.95. The summed E-state index contributed by atoms with van der Waals surface area (Å²) in [6.07, 6.45) is 5.11. The molecule has 0 aliphatic carbocycles. The van der Waals surface area contributed by atoms with E-state index in [0.717, 1.165) is 0 Å². The lowest BCUT2D eigenvalue weighted by Gasteiger charge is -2.09. The maximum Gasteiger partial charge on any atom is 0.0660 e. The van der Waals surface area contributed by atoms with E-state index in [9.17, 15) is 0 Å². The molecule has 1 N–H and O–H groups in total. The molecule has 0 unspecified atom stereocenters. The molecule has 0 aliphatic rings. The van der Waals surface area contributed by atoms with Crippen LogP contribution in [0.2, 0.25) is 0 Å². The lowest BCUT2D eigenvalue weighted by Crippen LogP contribution is -2.30. The predicted octanol–water partition coefficient (Wildman–Crippen LogP) is 1.01. The van der Waals surface area contributed by atoms with Crippen molar-refractivity contribution in [3.05, 3.63) is 0 Å². The second-order valence-corrected chi connectivity index (χ2v) is 2.21. The fourth-order valence-corrected chi connectivity index (χ4v) is 0.548. The second-order valence-electron chi connectivity index (χ2n) is 2.21. The van der Waals surface area contributed by atoms with Gasteiger partial charge in [-0.2, -0.15) is 0 Å². The molecule has 0 radical (unpaired) electrons. The third-order valence-electron chi connectivity index (χ3n) is 0.833. The van der Waals surface area contributed by atoms with Gasteiger partial charge in [0.25, 0.3) is 0 Å². The SMILES string of the molecule is C#C[C@@H](C)NC(C)C. The standard InChI is InChI=1S/C7H13N/c1-5-7(4)8-6(2)3/h1,6-8H,2-4H3/t7-/m1/s1. The van der Waals surface area contributed by atoms with Crippen molar-refractivity contribution in [1.29, 1.82) is 0 Å². The first-order valence-corrected chi connectivity index (χ1v) is 2.89. The van der Waals surface area contributed by atoms with Gasteiger partial charge in [-0.25, -0.2) is 0 Å². The van der Waals surface area contributed by atoms with E-state index in [1.165, 1.54) is 0 Å². The molecule has 0 fully saturated rings. The molecule has 0 heterocycles.